The van der Waals surface area contributed by atoms with Crippen molar-refractivity contribution in [1.29, 1.82) is 0 Å². The zero-order valence-electron chi connectivity index (χ0n) is 11.5. The molecule has 1 heterocycles. The molecule has 0 saturated carbocycles. The zero-order valence-corrected chi connectivity index (χ0v) is 11.5. The molecule has 1 amide bonds. The van der Waals surface area contributed by atoms with E-state index in [1.807, 2.05) is 6.92 Å². The van der Waals surface area contributed by atoms with Crippen molar-refractivity contribution in [3.63, 3.8) is 0 Å². The first-order valence-corrected chi connectivity index (χ1v) is 6.98. The summed E-state index contributed by atoms with van der Waals surface area (Å²) in [7, 11) is 0. The number of carboxylic acids is 1. The summed E-state index contributed by atoms with van der Waals surface area (Å²) < 4.78 is 5.48. The van der Waals surface area contributed by atoms with E-state index in [-0.39, 0.29) is 18.6 Å². The third-order valence-corrected chi connectivity index (χ3v) is 3.22. The Morgan fingerprint density at radius 3 is 2.68 bits per heavy atom. The summed E-state index contributed by atoms with van der Waals surface area (Å²) in [6.07, 6.45) is 4.05. The van der Waals surface area contributed by atoms with Gasteiger partial charge >= 0.3 is 5.97 Å². The minimum atomic E-state index is -0.983. The summed E-state index contributed by atoms with van der Waals surface area (Å²) in [5.74, 6) is -1.33. The highest BCUT2D eigenvalue weighted by Gasteiger charge is 2.20. The predicted molar refractivity (Wildman–Crippen MR) is 70.9 cm³/mol. The van der Waals surface area contributed by atoms with Crippen molar-refractivity contribution in [3.05, 3.63) is 0 Å². The molecule has 6 heteroatoms. The van der Waals surface area contributed by atoms with E-state index in [0.717, 1.165) is 38.8 Å². The van der Waals surface area contributed by atoms with Crippen molar-refractivity contribution in [2.24, 2.45) is 0 Å². The molecule has 0 radical (unpaired) electrons. The van der Waals surface area contributed by atoms with Crippen LogP contribution in [0, 0.1) is 0 Å². The lowest BCUT2D eigenvalue weighted by Gasteiger charge is -2.23. The lowest BCUT2D eigenvalue weighted by Crippen LogP contribution is -2.43. The SMILES string of the molecule is CCCC[C@H](NC(=O)COC1CCNCC1)C(=O)O. The van der Waals surface area contributed by atoms with Crippen LogP contribution < -0.4 is 10.6 Å². The van der Waals surface area contributed by atoms with Gasteiger partial charge in [0.15, 0.2) is 0 Å². The third kappa shape index (κ3) is 6.54. The monoisotopic (exact) mass is 272 g/mol. The quantitative estimate of drug-likeness (QED) is 0.599. The van der Waals surface area contributed by atoms with Crippen molar-refractivity contribution in [2.45, 2.75) is 51.2 Å². The average Bonchev–Trinajstić information content (AvgIpc) is 2.42. The molecule has 19 heavy (non-hydrogen) atoms. The maximum atomic E-state index is 11.6. The van der Waals surface area contributed by atoms with Crippen molar-refractivity contribution < 1.29 is 19.4 Å². The number of piperidine rings is 1. The maximum absolute atomic E-state index is 11.6. The molecule has 0 unspecified atom stereocenters. The topological polar surface area (TPSA) is 87.7 Å². The summed E-state index contributed by atoms with van der Waals surface area (Å²) in [5.41, 5.74) is 0. The van der Waals surface area contributed by atoms with Gasteiger partial charge in [0.2, 0.25) is 5.91 Å². The van der Waals surface area contributed by atoms with Crippen molar-refractivity contribution in [1.82, 2.24) is 10.6 Å². The fraction of sp³-hybridized carbons (Fsp3) is 0.846. The van der Waals surface area contributed by atoms with E-state index in [4.69, 9.17) is 9.84 Å². The van der Waals surface area contributed by atoms with E-state index < -0.39 is 12.0 Å². The Balaban J connectivity index is 2.25. The van der Waals surface area contributed by atoms with Crippen LogP contribution in [-0.2, 0) is 14.3 Å². The molecule has 1 fully saturated rings. The average molecular weight is 272 g/mol. The largest absolute Gasteiger partial charge is 0.480 e. The first-order chi connectivity index (χ1) is 9.13. The Morgan fingerprint density at radius 2 is 2.11 bits per heavy atom. The minimum absolute atomic E-state index is 0.0550. The molecule has 1 rings (SSSR count). The maximum Gasteiger partial charge on any atom is 0.326 e. The number of rotatable bonds is 8. The normalized spacial score (nSPS) is 17.9. The standard InChI is InChI=1S/C13H24N2O4/c1-2-3-4-11(13(17)18)15-12(16)9-19-10-5-7-14-8-6-10/h10-11,14H,2-9H2,1H3,(H,15,16)(H,17,18)/t11-/m0/s1. The number of ether oxygens (including phenoxy) is 1. The second-order valence-electron chi connectivity index (χ2n) is 4.86. The summed E-state index contributed by atoms with van der Waals surface area (Å²) in [5, 5.41) is 14.7. The second kappa shape index (κ2) is 8.87. The van der Waals surface area contributed by atoms with Crippen LogP contribution >= 0.6 is 0 Å². The van der Waals surface area contributed by atoms with E-state index in [0.29, 0.717) is 6.42 Å². The Morgan fingerprint density at radius 1 is 1.42 bits per heavy atom. The van der Waals surface area contributed by atoms with Crippen LogP contribution in [0.4, 0.5) is 0 Å². The molecule has 0 aromatic heterocycles. The molecule has 110 valence electrons. The van der Waals surface area contributed by atoms with Crippen molar-refractivity contribution >= 4 is 11.9 Å². The molecule has 0 aromatic carbocycles. The number of unbranched alkanes of at least 4 members (excludes halogenated alkanes) is 1. The molecule has 1 aliphatic heterocycles. The molecular weight excluding hydrogens is 248 g/mol. The third-order valence-electron chi connectivity index (χ3n) is 3.22. The molecule has 0 bridgehead atoms. The summed E-state index contributed by atoms with van der Waals surface area (Å²) in [4.78, 5) is 22.6. The fourth-order valence-corrected chi connectivity index (χ4v) is 2.06. The number of carbonyl (C=O) groups is 2. The molecular formula is C13H24N2O4. The van der Waals surface area contributed by atoms with Gasteiger partial charge in [0.05, 0.1) is 6.10 Å². The van der Waals surface area contributed by atoms with E-state index in [9.17, 15) is 9.59 Å². The second-order valence-corrected chi connectivity index (χ2v) is 4.86. The Labute approximate surface area is 113 Å². The Hall–Kier alpha value is -1.14. The number of carbonyl (C=O) groups excluding carboxylic acids is 1. The molecule has 3 N–H and O–H groups in total. The van der Waals surface area contributed by atoms with Gasteiger partial charge in [0.1, 0.15) is 12.6 Å². The van der Waals surface area contributed by atoms with E-state index in [2.05, 4.69) is 10.6 Å². The number of aliphatic carboxylic acids is 1. The fourth-order valence-electron chi connectivity index (χ4n) is 2.06. The number of carboxylic acid groups (broad SMARTS) is 1. The van der Waals surface area contributed by atoms with Gasteiger partial charge in [-0.2, -0.15) is 0 Å². The van der Waals surface area contributed by atoms with Crippen LogP contribution in [0.25, 0.3) is 0 Å². The van der Waals surface area contributed by atoms with Crippen LogP contribution in [0.1, 0.15) is 39.0 Å². The molecule has 6 nitrogen and oxygen atoms in total. The highest BCUT2D eigenvalue weighted by atomic mass is 16.5. The Kier molecular flexibility index (Phi) is 7.43. The van der Waals surface area contributed by atoms with Gasteiger partial charge in [-0.05, 0) is 32.4 Å². The van der Waals surface area contributed by atoms with Gasteiger partial charge in [-0.3, -0.25) is 4.79 Å². The van der Waals surface area contributed by atoms with Crippen LogP contribution in [0.15, 0.2) is 0 Å². The summed E-state index contributed by atoms with van der Waals surface area (Å²) >= 11 is 0. The molecule has 1 aliphatic rings. The smallest absolute Gasteiger partial charge is 0.326 e. The molecule has 0 aliphatic carbocycles. The van der Waals surface area contributed by atoms with Crippen LogP contribution in [0.5, 0.6) is 0 Å². The van der Waals surface area contributed by atoms with Crippen LogP contribution in [0.2, 0.25) is 0 Å². The van der Waals surface area contributed by atoms with Gasteiger partial charge in [0.25, 0.3) is 0 Å². The van der Waals surface area contributed by atoms with Gasteiger partial charge < -0.3 is 20.5 Å². The van der Waals surface area contributed by atoms with E-state index in [1.165, 1.54) is 0 Å². The highest BCUT2D eigenvalue weighted by molar-refractivity contribution is 5.84. The molecule has 1 atom stereocenters. The minimum Gasteiger partial charge on any atom is -0.480 e. The van der Waals surface area contributed by atoms with Gasteiger partial charge in [-0.15, -0.1) is 0 Å². The summed E-state index contributed by atoms with van der Waals surface area (Å²) in [6.45, 7) is 3.74. The number of amides is 1. The van der Waals surface area contributed by atoms with Gasteiger partial charge in [-0.25, -0.2) is 4.79 Å². The Bertz CT molecular complexity index is 290. The van der Waals surface area contributed by atoms with Crippen molar-refractivity contribution in [2.75, 3.05) is 19.7 Å². The summed E-state index contributed by atoms with van der Waals surface area (Å²) in [6, 6.07) is -0.802. The molecule has 0 aromatic rings. The van der Waals surface area contributed by atoms with Crippen LogP contribution in [0.3, 0.4) is 0 Å². The number of nitrogens with one attached hydrogen (secondary N) is 2. The first-order valence-electron chi connectivity index (χ1n) is 6.98. The van der Waals surface area contributed by atoms with Gasteiger partial charge in [-0.1, -0.05) is 19.8 Å². The number of hydrogen-bond donors (Lipinski definition) is 3. The predicted octanol–water partition coefficient (Wildman–Crippen LogP) is 0.515. The van der Waals surface area contributed by atoms with E-state index in [1.54, 1.807) is 0 Å². The lowest BCUT2D eigenvalue weighted by atomic mass is 10.1. The van der Waals surface area contributed by atoms with Crippen molar-refractivity contribution in [3.8, 4) is 0 Å². The highest BCUT2D eigenvalue weighted by Crippen LogP contribution is 2.07. The molecule has 0 spiro atoms. The number of hydrogen-bond acceptors (Lipinski definition) is 4. The lowest BCUT2D eigenvalue weighted by molar-refractivity contribution is -0.143. The zero-order chi connectivity index (χ0) is 14.1. The van der Waals surface area contributed by atoms with E-state index >= 15 is 0 Å². The van der Waals surface area contributed by atoms with Crippen LogP contribution in [-0.4, -0.2) is 48.8 Å². The first kappa shape index (κ1) is 15.9. The molecule has 1 saturated heterocycles. The van der Waals surface area contributed by atoms with Gasteiger partial charge in [0, 0.05) is 0 Å².